The molecule has 1 unspecified atom stereocenters. The lowest BCUT2D eigenvalue weighted by molar-refractivity contribution is -0.121. The minimum atomic E-state index is 0.177. The van der Waals surface area contributed by atoms with Gasteiger partial charge < -0.3 is 10.6 Å². The maximum atomic E-state index is 11.9. The van der Waals surface area contributed by atoms with Gasteiger partial charge in [-0.1, -0.05) is 17.7 Å². The summed E-state index contributed by atoms with van der Waals surface area (Å²) in [5, 5.41) is 6.41. The van der Waals surface area contributed by atoms with E-state index in [2.05, 4.69) is 43.5 Å². The second kappa shape index (κ2) is 6.89. The minimum Gasteiger partial charge on any atom is -0.352 e. The first-order chi connectivity index (χ1) is 9.56. The van der Waals surface area contributed by atoms with Crippen molar-refractivity contribution in [1.82, 2.24) is 10.6 Å². The summed E-state index contributed by atoms with van der Waals surface area (Å²) in [5.41, 5.74) is 5.07. The van der Waals surface area contributed by atoms with Crippen LogP contribution < -0.4 is 10.6 Å². The van der Waals surface area contributed by atoms with Gasteiger partial charge in [0.15, 0.2) is 0 Å². The Bertz CT molecular complexity index is 453. The van der Waals surface area contributed by atoms with E-state index in [1.165, 1.54) is 28.7 Å². The zero-order valence-corrected chi connectivity index (χ0v) is 12.9. The quantitative estimate of drug-likeness (QED) is 0.866. The molecule has 20 heavy (non-hydrogen) atoms. The smallest absolute Gasteiger partial charge is 0.220 e. The van der Waals surface area contributed by atoms with E-state index in [9.17, 15) is 4.79 Å². The first-order valence-electron chi connectivity index (χ1n) is 7.60. The molecule has 0 bridgehead atoms. The summed E-state index contributed by atoms with van der Waals surface area (Å²) in [6.07, 6.45) is 2.87. The van der Waals surface area contributed by atoms with Crippen LogP contribution in [0.2, 0.25) is 0 Å². The highest BCUT2D eigenvalue weighted by molar-refractivity contribution is 5.75. The summed E-state index contributed by atoms with van der Waals surface area (Å²) >= 11 is 0. The van der Waals surface area contributed by atoms with Gasteiger partial charge in [-0.15, -0.1) is 0 Å². The van der Waals surface area contributed by atoms with Crippen LogP contribution in [0.25, 0.3) is 0 Å². The highest BCUT2D eigenvalue weighted by Gasteiger charge is 2.15. The van der Waals surface area contributed by atoms with Crippen molar-refractivity contribution in [2.45, 2.75) is 46.6 Å². The third-order valence-electron chi connectivity index (χ3n) is 4.24. The summed E-state index contributed by atoms with van der Waals surface area (Å²) in [7, 11) is 0. The molecule has 1 fully saturated rings. The molecule has 1 atom stereocenters. The Kier molecular flexibility index (Phi) is 5.18. The predicted molar refractivity (Wildman–Crippen MR) is 82.7 cm³/mol. The third kappa shape index (κ3) is 4.07. The Labute approximate surface area is 122 Å². The van der Waals surface area contributed by atoms with Crippen molar-refractivity contribution in [3.05, 3.63) is 34.4 Å². The first kappa shape index (κ1) is 15.0. The molecule has 1 heterocycles. The highest BCUT2D eigenvalue weighted by atomic mass is 16.1. The van der Waals surface area contributed by atoms with Gasteiger partial charge in [0.25, 0.3) is 0 Å². The number of aryl methyl sites for hydroxylation is 3. The standard InChI is InChI=1S/C17H26N2O/c1-12-8-13(2)16(14(3)9-12)11-19-17(20)5-4-15-6-7-18-10-15/h8-9,15,18H,4-7,10-11H2,1-3H3,(H,19,20). The number of hydrogen-bond donors (Lipinski definition) is 2. The van der Waals surface area contributed by atoms with Gasteiger partial charge >= 0.3 is 0 Å². The van der Waals surface area contributed by atoms with E-state index in [1.54, 1.807) is 0 Å². The van der Waals surface area contributed by atoms with Crippen molar-refractivity contribution in [3.63, 3.8) is 0 Å². The van der Waals surface area contributed by atoms with E-state index in [0.717, 1.165) is 19.5 Å². The molecule has 110 valence electrons. The number of carbonyl (C=O) groups is 1. The number of hydrogen-bond acceptors (Lipinski definition) is 2. The summed E-state index contributed by atoms with van der Waals surface area (Å²) in [5.74, 6) is 0.861. The Balaban J connectivity index is 1.81. The maximum absolute atomic E-state index is 11.9. The van der Waals surface area contributed by atoms with Gasteiger partial charge in [0.1, 0.15) is 0 Å². The van der Waals surface area contributed by atoms with Crippen LogP contribution in [0, 0.1) is 26.7 Å². The van der Waals surface area contributed by atoms with Gasteiger partial charge in [-0.3, -0.25) is 4.79 Å². The van der Waals surface area contributed by atoms with Crippen molar-refractivity contribution in [2.75, 3.05) is 13.1 Å². The number of amides is 1. The van der Waals surface area contributed by atoms with Crippen LogP contribution in [0.15, 0.2) is 12.1 Å². The Morgan fingerprint density at radius 3 is 2.60 bits per heavy atom. The number of benzene rings is 1. The third-order valence-corrected chi connectivity index (χ3v) is 4.24. The van der Waals surface area contributed by atoms with E-state index >= 15 is 0 Å². The van der Waals surface area contributed by atoms with Crippen LogP contribution >= 0.6 is 0 Å². The molecule has 1 aromatic rings. The molecule has 0 saturated carbocycles. The van der Waals surface area contributed by atoms with Gasteiger partial charge in [0.2, 0.25) is 5.91 Å². The van der Waals surface area contributed by atoms with E-state index in [1.807, 2.05) is 0 Å². The molecule has 1 aliphatic rings. The molecular weight excluding hydrogens is 248 g/mol. The molecule has 1 aliphatic heterocycles. The van der Waals surface area contributed by atoms with Crippen LogP contribution in [0.1, 0.15) is 41.5 Å². The highest BCUT2D eigenvalue weighted by Crippen LogP contribution is 2.17. The molecule has 0 aliphatic carbocycles. The fourth-order valence-corrected chi connectivity index (χ4v) is 3.06. The molecule has 0 aromatic heterocycles. The average Bonchev–Trinajstić information content (AvgIpc) is 2.88. The maximum Gasteiger partial charge on any atom is 0.220 e. The van der Waals surface area contributed by atoms with E-state index in [4.69, 9.17) is 0 Å². The summed E-state index contributed by atoms with van der Waals surface area (Å²) < 4.78 is 0. The van der Waals surface area contributed by atoms with E-state index in [-0.39, 0.29) is 5.91 Å². The van der Waals surface area contributed by atoms with Crippen molar-refractivity contribution in [1.29, 1.82) is 0 Å². The second-order valence-electron chi connectivity index (χ2n) is 6.05. The van der Waals surface area contributed by atoms with Crippen LogP contribution in [0.5, 0.6) is 0 Å². The first-order valence-corrected chi connectivity index (χ1v) is 7.60. The Morgan fingerprint density at radius 1 is 1.30 bits per heavy atom. The number of carbonyl (C=O) groups excluding carboxylic acids is 1. The summed E-state index contributed by atoms with van der Waals surface area (Å²) in [6, 6.07) is 4.36. The Hall–Kier alpha value is -1.35. The molecule has 1 saturated heterocycles. The molecule has 3 heteroatoms. The van der Waals surface area contributed by atoms with Crippen LogP contribution in [0.4, 0.5) is 0 Å². The van der Waals surface area contributed by atoms with Crippen LogP contribution in [-0.4, -0.2) is 19.0 Å². The lowest BCUT2D eigenvalue weighted by Crippen LogP contribution is -2.24. The van der Waals surface area contributed by atoms with Crippen molar-refractivity contribution < 1.29 is 4.79 Å². The van der Waals surface area contributed by atoms with Gasteiger partial charge in [0, 0.05) is 13.0 Å². The lowest BCUT2D eigenvalue weighted by Gasteiger charge is -2.13. The molecule has 2 rings (SSSR count). The summed E-state index contributed by atoms with van der Waals surface area (Å²) in [4.78, 5) is 11.9. The van der Waals surface area contributed by atoms with Gasteiger partial charge in [0.05, 0.1) is 0 Å². The van der Waals surface area contributed by atoms with Gasteiger partial charge in [-0.05, 0) is 69.3 Å². The van der Waals surface area contributed by atoms with Crippen molar-refractivity contribution in [3.8, 4) is 0 Å². The topological polar surface area (TPSA) is 41.1 Å². The molecular formula is C17H26N2O. The Morgan fingerprint density at radius 2 is 2.00 bits per heavy atom. The SMILES string of the molecule is Cc1cc(C)c(CNC(=O)CCC2CCNC2)c(C)c1. The second-order valence-corrected chi connectivity index (χ2v) is 6.05. The van der Waals surface area contributed by atoms with Crippen LogP contribution in [0.3, 0.4) is 0 Å². The molecule has 3 nitrogen and oxygen atoms in total. The average molecular weight is 274 g/mol. The number of rotatable bonds is 5. The molecule has 0 radical (unpaired) electrons. The molecule has 0 spiro atoms. The zero-order chi connectivity index (χ0) is 14.5. The van der Waals surface area contributed by atoms with Gasteiger partial charge in [-0.25, -0.2) is 0 Å². The van der Waals surface area contributed by atoms with E-state index < -0.39 is 0 Å². The monoisotopic (exact) mass is 274 g/mol. The predicted octanol–water partition coefficient (Wildman–Crippen LogP) is 2.62. The lowest BCUT2D eigenvalue weighted by atomic mass is 9.99. The molecule has 2 N–H and O–H groups in total. The zero-order valence-electron chi connectivity index (χ0n) is 12.9. The summed E-state index contributed by atoms with van der Waals surface area (Å²) in [6.45, 7) is 9.17. The minimum absolute atomic E-state index is 0.177. The normalized spacial score (nSPS) is 18.2. The largest absolute Gasteiger partial charge is 0.352 e. The fourth-order valence-electron chi connectivity index (χ4n) is 3.06. The van der Waals surface area contributed by atoms with Gasteiger partial charge in [-0.2, -0.15) is 0 Å². The number of nitrogens with one attached hydrogen (secondary N) is 2. The van der Waals surface area contributed by atoms with E-state index in [0.29, 0.717) is 18.9 Å². The molecule has 1 aromatic carbocycles. The van der Waals surface area contributed by atoms with Crippen molar-refractivity contribution in [2.24, 2.45) is 5.92 Å². The molecule has 1 amide bonds. The van der Waals surface area contributed by atoms with Crippen molar-refractivity contribution >= 4 is 5.91 Å². The fraction of sp³-hybridized carbons (Fsp3) is 0.588. The van der Waals surface area contributed by atoms with Crippen LogP contribution in [-0.2, 0) is 11.3 Å².